The number of morpholine rings is 1. The average Bonchev–Trinajstić information content (AvgIpc) is 3.27. The second-order valence-corrected chi connectivity index (χ2v) is 6.72. The van der Waals surface area contributed by atoms with Crippen molar-refractivity contribution >= 4 is 11.3 Å². The molecule has 1 atom stereocenters. The van der Waals surface area contributed by atoms with Gasteiger partial charge in [0.15, 0.2) is 0 Å². The van der Waals surface area contributed by atoms with E-state index in [0.717, 1.165) is 35.8 Å². The molecule has 0 N–H and O–H groups in total. The minimum absolute atomic E-state index is 0.0389. The maximum Gasteiger partial charge on any atom is 0.236 e. The number of halogens is 1. The van der Waals surface area contributed by atoms with Gasteiger partial charge in [-0.15, -0.1) is 11.3 Å². The Labute approximate surface area is 143 Å². The van der Waals surface area contributed by atoms with Gasteiger partial charge in [-0.2, -0.15) is 0 Å². The van der Waals surface area contributed by atoms with E-state index in [1.807, 2.05) is 17.5 Å². The molecule has 0 radical (unpaired) electrons. The van der Waals surface area contributed by atoms with E-state index in [0.29, 0.717) is 12.5 Å². The van der Waals surface area contributed by atoms with Crippen LogP contribution in [0.1, 0.15) is 17.4 Å². The third-order valence-corrected chi connectivity index (χ3v) is 4.92. The lowest BCUT2D eigenvalue weighted by molar-refractivity contribution is -0.0333. The van der Waals surface area contributed by atoms with Gasteiger partial charge in [-0.05, 0) is 29.1 Å². The number of hydrogen-bond acceptors (Lipinski definition) is 5. The number of oxazole rings is 1. The van der Waals surface area contributed by atoms with Gasteiger partial charge < -0.3 is 9.15 Å². The molecule has 3 aromatic rings. The monoisotopic (exact) mass is 344 g/mol. The number of thiophene rings is 1. The molecule has 4 nitrogen and oxygen atoms in total. The summed E-state index contributed by atoms with van der Waals surface area (Å²) < 4.78 is 24.5. The summed E-state index contributed by atoms with van der Waals surface area (Å²) in [5.74, 6) is 0.443. The number of rotatable bonds is 4. The standard InChI is InChI=1S/C18H17FN2O2S/c19-14-5-3-13(4-6-14)16-11-21(7-8-22-16)10-15-12-23-18(20-15)17-2-1-9-24-17/h1-6,9,12,16H,7-8,10-11H2. The van der Waals surface area contributed by atoms with Gasteiger partial charge >= 0.3 is 0 Å². The number of hydrogen-bond donors (Lipinski definition) is 0. The summed E-state index contributed by atoms with van der Waals surface area (Å²) in [4.78, 5) is 7.89. The van der Waals surface area contributed by atoms with Crippen LogP contribution in [0.5, 0.6) is 0 Å². The molecule has 0 amide bonds. The van der Waals surface area contributed by atoms with E-state index in [2.05, 4.69) is 9.88 Å². The summed E-state index contributed by atoms with van der Waals surface area (Å²) in [6.45, 7) is 2.97. The summed E-state index contributed by atoms with van der Waals surface area (Å²) in [5.41, 5.74) is 1.92. The Morgan fingerprint density at radius 2 is 2.12 bits per heavy atom. The van der Waals surface area contributed by atoms with E-state index in [4.69, 9.17) is 9.15 Å². The molecule has 0 aliphatic carbocycles. The molecule has 0 spiro atoms. The van der Waals surface area contributed by atoms with Gasteiger partial charge in [0.25, 0.3) is 0 Å². The lowest BCUT2D eigenvalue weighted by atomic mass is 10.1. The number of aromatic nitrogens is 1. The van der Waals surface area contributed by atoms with Gasteiger partial charge in [0.05, 0.1) is 23.3 Å². The van der Waals surface area contributed by atoms with Crippen molar-refractivity contribution in [2.24, 2.45) is 0 Å². The lowest BCUT2D eigenvalue weighted by Crippen LogP contribution is -2.37. The van der Waals surface area contributed by atoms with Crippen molar-refractivity contribution in [3.63, 3.8) is 0 Å². The Morgan fingerprint density at radius 1 is 1.25 bits per heavy atom. The highest BCUT2D eigenvalue weighted by Gasteiger charge is 2.23. The number of benzene rings is 1. The van der Waals surface area contributed by atoms with Crippen molar-refractivity contribution in [1.29, 1.82) is 0 Å². The highest BCUT2D eigenvalue weighted by atomic mass is 32.1. The van der Waals surface area contributed by atoms with E-state index in [1.54, 1.807) is 29.7 Å². The fourth-order valence-electron chi connectivity index (χ4n) is 2.85. The maximum absolute atomic E-state index is 13.1. The second kappa shape index (κ2) is 6.84. The molecule has 4 rings (SSSR count). The summed E-state index contributed by atoms with van der Waals surface area (Å²) >= 11 is 1.61. The fraction of sp³-hybridized carbons (Fsp3) is 0.278. The van der Waals surface area contributed by atoms with Crippen LogP contribution in [0.4, 0.5) is 4.39 Å². The van der Waals surface area contributed by atoms with Gasteiger partial charge in [-0.3, -0.25) is 4.90 Å². The molecule has 1 unspecified atom stereocenters. The maximum atomic E-state index is 13.1. The first-order valence-electron chi connectivity index (χ1n) is 7.85. The normalized spacial score (nSPS) is 18.8. The van der Waals surface area contributed by atoms with Gasteiger partial charge in [-0.25, -0.2) is 9.37 Å². The zero-order valence-electron chi connectivity index (χ0n) is 13.0. The van der Waals surface area contributed by atoms with Gasteiger partial charge in [0, 0.05) is 19.6 Å². The zero-order chi connectivity index (χ0) is 16.4. The van der Waals surface area contributed by atoms with Crippen molar-refractivity contribution < 1.29 is 13.5 Å². The predicted octanol–water partition coefficient (Wildman–Crippen LogP) is 4.12. The first-order chi connectivity index (χ1) is 11.8. The van der Waals surface area contributed by atoms with Crippen LogP contribution in [0.3, 0.4) is 0 Å². The van der Waals surface area contributed by atoms with Crippen LogP contribution >= 0.6 is 11.3 Å². The molecule has 1 saturated heterocycles. The van der Waals surface area contributed by atoms with E-state index >= 15 is 0 Å². The Morgan fingerprint density at radius 3 is 2.92 bits per heavy atom. The zero-order valence-corrected chi connectivity index (χ0v) is 13.8. The Balaban J connectivity index is 1.42. The molecule has 1 aliphatic rings. The molecule has 1 aliphatic heterocycles. The molecule has 0 saturated carbocycles. The summed E-state index contributed by atoms with van der Waals surface area (Å²) in [6.07, 6.45) is 1.68. The summed E-state index contributed by atoms with van der Waals surface area (Å²) in [5, 5.41) is 2.01. The molecule has 124 valence electrons. The minimum Gasteiger partial charge on any atom is -0.444 e. The quantitative estimate of drug-likeness (QED) is 0.714. The summed E-state index contributed by atoms with van der Waals surface area (Å²) in [6, 6.07) is 10.5. The Bertz CT molecular complexity index is 786. The number of nitrogens with zero attached hydrogens (tertiary/aromatic N) is 2. The first-order valence-corrected chi connectivity index (χ1v) is 8.73. The topological polar surface area (TPSA) is 38.5 Å². The van der Waals surface area contributed by atoms with Crippen molar-refractivity contribution in [2.45, 2.75) is 12.6 Å². The number of ether oxygens (including phenoxy) is 1. The van der Waals surface area contributed by atoms with Crippen molar-refractivity contribution in [2.75, 3.05) is 19.7 Å². The third-order valence-electron chi connectivity index (χ3n) is 4.06. The molecule has 1 aromatic carbocycles. The SMILES string of the molecule is Fc1ccc(C2CN(Cc3coc(-c4cccs4)n3)CCO2)cc1. The minimum atomic E-state index is -0.227. The molecule has 2 aromatic heterocycles. The molecular weight excluding hydrogens is 327 g/mol. The molecule has 3 heterocycles. The first kappa shape index (κ1) is 15.5. The molecule has 1 fully saturated rings. The molecule has 24 heavy (non-hydrogen) atoms. The second-order valence-electron chi connectivity index (χ2n) is 5.77. The summed E-state index contributed by atoms with van der Waals surface area (Å²) in [7, 11) is 0. The van der Waals surface area contributed by atoms with Crippen LogP contribution < -0.4 is 0 Å². The van der Waals surface area contributed by atoms with Crippen LogP contribution in [0.2, 0.25) is 0 Å². The van der Waals surface area contributed by atoms with Crippen LogP contribution in [0.25, 0.3) is 10.8 Å². The van der Waals surface area contributed by atoms with Gasteiger partial charge in [0.1, 0.15) is 12.1 Å². The van der Waals surface area contributed by atoms with Crippen molar-refractivity contribution in [3.05, 3.63) is 65.1 Å². The molecular formula is C18H17FN2O2S. The predicted molar refractivity (Wildman–Crippen MR) is 90.2 cm³/mol. The van der Waals surface area contributed by atoms with Crippen molar-refractivity contribution in [3.8, 4) is 10.8 Å². The Hall–Kier alpha value is -2.02. The van der Waals surface area contributed by atoms with Crippen molar-refractivity contribution in [1.82, 2.24) is 9.88 Å². The van der Waals surface area contributed by atoms with E-state index in [-0.39, 0.29) is 11.9 Å². The third kappa shape index (κ3) is 3.40. The van der Waals surface area contributed by atoms with Crippen LogP contribution in [0, 0.1) is 5.82 Å². The highest BCUT2D eigenvalue weighted by Crippen LogP contribution is 2.26. The van der Waals surface area contributed by atoms with Gasteiger partial charge in [-0.1, -0.05) is 18.2 Å². The van der Waals surface area contributed by atoms with Gasteiger partial charge in [0.2, 0.25) is 5.89 Å². The van der Waals surface area contributed by atoms with E-state index < -0.39 is 0 Å². The molecule has 6 heteroatoms. The highest BCUT2D eigenvalue weighted by molar-refractivity contribution is 7.13. The molecule has 0 bridgehead atoms. The smallest absolute Gasteiger partial charge is 0.236 e. The van der Waals surface area contributed by atoms with E-state index in [1.165, 1.54) is 12.1 Å². The lowest BCUT2D eigenvalue weighted by Gasteiger charge is -2.32. The average molecular weight is 344 g/mol. The van der Waals surface area contributed by atoms with Crippen LogP contribution in [0.15, 0.2) is 52.5 Å². The fourth-order valence-corrected chi connectivity index (χ4v) is 3.50. The largest absolute Gasteiger partial charge is 0.444 e. The van der Waals surface area contributed by atoms with E-state index in [9.17, 15) is 4.39 Å². The Kier molecular flexibility index (Phi) is 4.42. The van der Waals surface area contributed by atoms with Crippen LogP contribution in [-0.2, 0) is 11.3 Å². The van der Waals surface area contributed by atoms with Crippen LogP contribution in [-0.4, -0.2) is 29.6 Å².